The number of ether oxygens (including phenoxy) is 1. The van der Waals surface area contributed by atoms with Crippen LogP contribution in [0.25, 0.3) is 10.9 Å². The molecule has 1 spiro atoms. The quantitative estimate of drug-likeness (QED) is 0.885. The van der Waals surface area contributed by atoms with Gasteiger partial charge in [0.2, 0.25) is 0 Å². The summed E-state index contributed by atoms with van der Waals surface area (Å²) in [5.74, 6) is 0. The van der Waals surface area contributed by atoms with Crippen LogP contribution < -0.4 is 0 Å². The maximum Gasteiger partial charge on any atom is 0.110 e. The molecule has 4 rings (SSSR count). The van der Waals surface area contributed by atoms with Gasteiger partial charge < -0.3 is 14.6 Å². The van der Waals surface area contributed by atoms with Crippen molar-refractivity contribution in [1.82, 2.24) is 9.88 Å². The third kappa shape index (κ3) is 2.54. The molecule has 4 heteroatoms. The maximum atomic E-state index is 8.68. The fourth-order valence-electron chi connectivity index (χ4n) is 4.18. The van der Waals surface area contributed by atoms with E-state index in [1.54, 1.807) is 0 Å². The highest BCUT2D eigenvalue weighted by Gasteiger charge is 2.42. The van der Waals surface area contributed by atoms with Crippen molar-refractivity contribution in [2.24, 2.45) is 0 Å². The molecular formula is C19H23N3O. The molecule has 2 aromatic rings. The van der Waals surface area contributed by atoms with Gasteiger partial charge in [0.15, 0.2) is 0 Å². The van der Waals surface area contributed by atoms with Crippen LogP contribution in [-0.4, -0.2) is 36.1 Å². The molecule has 23 heavy (non-hydrogen) atoms. The van der Waals surface area contributed by atoms with Crippen LogP contribution in [0.3, 0.4) is 0 Å². The largest absolute Gasteiger partial charge is 0.368 e. The smallest absolute Gasteiger partial charge is 0.110 e. The number of H-pyrrole nitrogens is 1. The Kier molecular flexibility index (Phi) is 3.84. The van der Waals surface area contributed by atoms with Crippen molar-refractivity contribution in [3.8, 4) is 6.07 Å². The summed E-state index contributed by atoms with van der Waals surface area (Å²) < 4.78 is 6.33. The van der Waals surface area contributed by atoms with Crippen LogP contribution in [0.1, 0.15) is 36.9 Å². The standard InChI is InChI=1S/C19H23N3O/c20-10-3-4-11-22-12-8-19(9-13-22)18-16(7-14-23-19)15-5-1-2-6-17(15)21-18/h1-2,5-6,21H,3-4,7-9,11-14H2. The number of aromatic nitrogens is 1. The number of para-hydroxylation sites is 1. The molecule has 0 aliphatic carbocycles. The van der Waals surface area contributed by atoms with Gasteiger partial charge in [0, 0.05) is 30.4 Å². The second-order valence-electron chi connectivity index (χ2n) is 6.72. The van der Waals surface area contributed by atoms with Crippen LogP contribution in [0, 0.1) is 11.3 Å². The van der Waals surface area contributed by atoms with Gasteiger partial charge in [-0.25, -0.2) is 0 Å². The van der Waals surface area contributed by atoms with E-state index < -0.39 is 0 Å². The highest BCUT2D eigenvalue weighted by molar-refractivity contribution is 5.85. The summed E-state index contributed by atoms with van der Waals surface area (Å²) in [5.41, 5.74) is 3.89. The number of rotatable bonds is 3. The summed E-state index contributed by atoms with van der Waals surface area (Å²) in [6.07, 6.45) is 4.72. The summed E-state index contributed by atoms with van der Waals surface area (Å²) in [5, 5.41) is 10.0. The number of nitriles is 1. The number of aromatic amines is 1. The van der Waals surface area contributed by atoms with Crippen LogP contribution in [0.2, 0.25) is 0 Å². The van der Waals surface area contributed by atoms with Crippen LogP contribution in [0.5, 0.6) is 0 Å². The van der Waals surface area contributed by atoms with Gasteiger partial charge in [0.1, 0.15) is 5.60 Å². The highest BCUT2D eigenvalue weighted by Crippen LogP contribution is 2.43. The first-order valence-electron chi connectivity index (χ1n) is 8.66. The first-order chi connectivity index (χ1) is 11.3. The minimum Gasteiger partial charge on any atom is -0.368 e. The Morgan fingerprint density at radius 1 is 1.26 bits per heavy atom. The molecule has 3 heterocycles. The third-order valence-electron chi connectivity index (χ3n) is 5.43. The molecule has 1 N–H and O–H groups in total. The van der Waals surface area contributed by atoms with Crippen molar-refractivity contribution in [3.63, 3.8) is 0 Å². The molecule has 1 fully saturated rings. The van der Waals surface area contributed by atoms with E-state index in [0.717, 1.165) is 51.9 Å². The average Bonchev–Trinajstić information content (AvgIpc) is 2.98. The monoisotopic (exact) mass is 309 g/mol. The Balaban J connectivity index is 1.57. The van der Waals surface area contributed by atoms with E-state index in [2.05, 4.69) is 40.2 Å². The number of likely N-dealkylation sites (tertiary alicyclic amines) is 1. The lowest BCUT2D eigenvalue weighted by molar-refractivity contribution is -0.100. The molecule has 1 aromatic heterocycles. The lowest BCUT2D eigenvalue weighted by atomic mass is 9.83. The number of fused-ring (bicyclic) bond motifs is 4. The Bertz CT molecular complexity index is 735. The number of hydrogen-bond acceptors (Lipinski definition) is 3. The minimum absolute atomic E-state index is 0.127. The maximum absolute atomic E-state index is 8.68. The zero-order chi connectivity index (χ0) is 15.7. The summed E-state index contributed by atoms with van der Waals surface area (Å²) in [6, 6.07) is 10.8. The molecule has 0 atom stereocenters. The second kappa shape index (κ2) is 5.99. The van der Waals surface area contributed by atoms with Crippen molar-refractivity contribution in [2.45, 2.75) is 37.7 Å². The molecule has 2 aliphatic heterocycles. The molecule has 2 aliphatic rings. The van der Waals surface area contributed by atoms with Gasteiger partial charge in [-0.2, -0.15) is 5.26 Å². The minimum atomic E-state index is -0.127. The van der Waals surface area contributed by atoms with E-state index >= 15 is 0 Å². The van der Waals surface area contributed by atoms with Crippen molar-refractivity contribution in [2.75, 3.05) is 26.2 Å². The molecule has 4 nitrogen and oxygen atoms in total. The van der Waals surface area contributed by atoms with Gasteiger partial charge in [-0.1, -0.05) is 18.2 Å². The van der Waals surface area contributed by atoms with Gasteiger partial charge in [-0.05, 0) is 43.9 Å². The fourth-order valence-corrected chi connectivity index (χ4v) is 4.18. The van der Waals surface area contributed by atoms with Crippen LogP contribution >= 0.6 is 0 Å². The van der Waals surface area contributed by atoms with Crippen LogP contribution in [-0.2, 0) is 16.8 Å². The summed E-state index contributed by atoms with van der Waals surface area (Å²) in [6.45, 7) is 3.97. The number of unbranched alkanes of at least 4 members (excludes halogenated alkanes) is 1. The first-order valence-corrected chi connectivity index (χ1v) is 8.66. The van der Waals surface area contributed by atoms with E-state index in [1.165, 1.54) is 22.2 Å². The zero-order valence-electron chi connectivity index (χ0n) is 13.5. The van der Waals surface area contributed by atoms with E-state index in [4.69, 9.17) is 10.00 Å². The van der Waals surface area contributed by atoms with Gasteiger partial charge in [-0.3, -0.25) is 0 Å². The highest BCUT2D eigenvalue weighted by atomic mass is 16.5. The fraction of sp³-hybridized carbons (Fsp3) is 0.526. The van der Waals surface area contributed by atoms with E-state index in [1.807, 2.05) is 0 Å². The van der Waals surface area contributed by atoms with Crippen molar-refractivity contribution < 1.29 is 4.74 Å². The number of benzene rings is 1. The zero-order valence-corrected chi connectivity index (χ0v) is 13.5. The predicted octanol–water partition coefficient (Wildman–Crippen LogP) is 3.34. The van der Waals surface area contributed by atoms with Crippen molar-refractivity contribution >= 4 is 10.9 Å². The summed E-state index contributed by atoms with van der Waals surface area (Å²) in [7, 11) is 0. The molecule has 0 bridgehead atoms. The molecule has 0 amide bonds. The normalized spacial score (nSPS) is 20.5. The Hall–Kier alpha value is -1.83. The molecule has 1 saturated heterocycles. The lowest BCUT2D eigenvalue weighted by Crippen LogP contribution is -2.46. The Morgan fingerprint density at radius 2 is 2.09 bits per heavy atom. The van der Waals surface area contributed by atoms with Gasteiger partial charge >= 0.3 is 0 Å². The van der Waals surface area contributed by atoms with Crippen molar-refractivity contribution in [3.05, 3.63) is 35.5 Å². The molecule has 0 unspecified atom stereocenters. The number of nitrogens with one attached hydrogen (secondary N) is 1. The van der Waals surface area contributed by atoms with E-state index in [0.29, 0.717) is 6.42 Å². The van der Waals surface area contributed by atoms with Gasteiger partial charge in [0.05, 0.1) is 18.4 Å². The van der Waals surface area contributed by atoms with E-state index in [-0.39, 0.29) is 5.60 Å². The first kappa shape index (κ1) is 14.7. The van der Waals surface area contributed by atoms with Crippen LogP contribution in [0.4, 0.5) is 0 Å². The summed E-state index contributed by atoms with van der Waals surface area (Å²) in [4.78, 5) is 6.13. The molecule has 1 aromatic carbocycles. The topological polar surface area (TPSA) is 52.1 Å². The average molecular weight is 309 g/mol. The number of hydrogen-bond donors (Lipinski definition) is 1. The second-order valence-corrected chi connectivity index (χ2v) is 6.72. The van der Waals surface area contributed by atoms with Crippen molar-refractivity contribution in [1.29, 1.82) is 5.26 Å². The molecule has 0 radical (unpaired) electrons. The Labute approximate surface area is 137 Å². The predicted molar refractivity (Wildman–Crippen MR) is 90.2 cm³/mol. The van der Waals surface area contributed by atoms with E-state index in [9.17, 15) is 0 Å². The Morgan fingerprint density at radius 3 is 2.91 bits per heavy atom. The summed E-state index contributed by atoms with van der Waals surface area (Å²) >= 11 is 0. The van der Waals surface area contributed by atoms with Gasteiger partial charge in [-0.15, -0.1) is 0 Å². The molecular weight excluding hydrogens is 286 g/mol. The van der Waals surface area contributed by atoms with Gasteiger partial charge in [0.25, 0.3) is 0 Å². The third-order valence-corrected chi connectivity index (χ3v) is 5.43. The lowest BCUT2D eigenvalue weighted by Gasteiger charge is -2.43. The number of piperidine rings is 1. The molecule has 0 saturated carbocycles. The molecule has 120 valence electrons. The SMILES string of the molecule is N#CCCCN1CCC2(CC1)OCCc1c2[nH]c2ccccc12. The van der Waals surface area contributed by atoms with Crippen LogP contribution in [0.15, 0.2) is 24.3 Å². The number of nitrogens with zero attached hydrogens (tertiary/aromatic N) is 2.